The predicted molar refractivity (Wildman–Crippen MR) is 75.1 cm³/mol. The van der Waals surface area contributed by atoms with Crippen LogP contribution in [0.2, 0.25) is 0 Å². The molecule has 102 valence electrons. The first-order valence-corrected chi connectivity index (χ1v) is 6.81. The van der Waals surface area contributed by atoms with E-state index in [9.17, 15) is 9.59 Å². The number of hydrogen-bond acceptors (Lipinski definition) is 3. The molecule has 2 rings (SSSR count). The van der Waals surface area contributed by atoms with Crippen molar-refractivity contribution >= 4 is 17.4 Å². The molecule has 0 saturated carbocycles. The molecule has 0 atom stereocenters. The van der Waals surface area contributed by atoms with Gasteiger partial charge in [-0.25, -0.2) is 0 Å². The van der Waals surface area contributed by atoms with Gasteiger partial charge in [0.15, 0.2) is 0 Å². The second-order valence-corrected chi connectivity index (χ2v) is 4.87. The number of para-hydroxylation sites is 1. The number of aryl methyl sites for hydroxylation is 1. The van der Waals surface area contributed by atoms with Crippen LogP contribution in [0.3, 0.4) is 0 Å². The van der Waals surface area contributed by atoms with Crippen LogP contribution >= 0.6 is 0 Å². The van der Waals surface area contributed by atoms with E-state index in [0.29, 0.717) is 38.3 Å². The molecule has 0 radical (unpaired) electrons. The van der Waals surface area contributed by atoms with Crippen LogP contribution in [0.4, 0.5) is 5.69 Å². The Morgan fingerprint density at radius 3 is 2.63 bits per heavy atom. The van der Waals surface area contributed by atoms with E-state index in [0.717, 1.165) is 17.7 Å². The van der Waals surface area contributed by atoms with E-state index in [2.05, 4.69) is 12.2 Å². The number of amides is 1. The SMILES string of the molecule is CCc1ccccc1NC(=O)CN1CCC(=O)CC1. The minimum Gasteiger partial charge on any atom is -0.325 e. The van der Waals surface area contributed by atoms with E-state index in [1.54, 1.807) is 0 Å². The molecular weight excluding hydrogens is 240 g/mol. The minimum absolute atomic E-state index is 0.00440. The highest BCUT2D eigenvalue weighted by Gasteiger charge is 2.18. The lowest BCUT2D eigenvalue weighted by atomic mass is 10.1. The zero-order valence-corrected chi connectivity index (χ0v) is 11.3. The number of anilines is 1. The minimum atomic E-state index is -0.00440. The molecule has 1 aliphatic heterocycles. The molecule has 4 heteroatoms. The fourth-order valence-electron chi connectivity index (χ4n) is 2.30. The lowest BCUT2D eigenvalue weighted by Gasteiger charge is -2.25. The molecule has 1 amide bonds. The summed E-state index contributed by atoms with van der Waals surface area (Å²) in [6, 6.07) is 7.85. The summed E-state index contributed by atoms with van der Waals surface area (Å²) in [6.45, 7) is 3.83. The highest BCUT2D eigenvalue weighted by molar-refractivity contribution is 5.93. The summed E-state index contributed by atoms with van der Waals surface area (Å²) in [5, 5.41) is 2.95. The van der Waals surface area contributed by atoms with Crippen molar-refractivity contribution in [3.05, 3.63) is 29.8 Å². The van der Waals surface area contributed by atoms with Gasteiger partial charge < -0.3 is 5.32 Å². The van der Waals surface area contributed by atoms with Gasteiger partial charge in [0.1, 0.15) is 5.78 Å². The van der Waals surface area contributed by atoms with Crippen molar-refractivity contribution < 1.29 is 9.59 Å². The van der Waals surface area contributed by atoms with Crippen LogP contribution in [-0.4, -0.2) is 36.2 Å². The van der Waals surface area contributed by atoms with Crippen LogP contribution in [0.1, 0.15) is 25.3 Å². The van der Waals surface area contributed by atoms with E-state index in [4.69, 9.17) is 0 Å². The number of rotatable bonds is 4. The fourth-order valence-corrected chi connectivity index (χ4v) is 2.30. The molecule has 1 aliphatic rings. The number of Topliss-reactive ketones (excluding diaryl/α,β-unsaturated/α-hetero) is 1. The van der Waals surface area contributed by atoms with Crippen LogP contribution in [-0.2, 0) is 16.0 Å². The van der Waals surface area contributed by atoms with Crippen LogP contribution in [0.5, 0.6) is 0 Å². The molecule has 1 fully saturated rings. The van der Waals surface area contributed by atoms with Gasteiger partial charge in [-0.1, -0.05) is 25.1 Å². The number of carbonyl (C=O) groups excluding carboxylic acids is 2. The topological polar surface area (TPSA) is 49.4 Å². The van der Waals surface area contributed by atoms with Crippen molar-refractivity contribution in [1.29, 1.82) is 0 Å². The van der Waals surface area contributed by atoms with E-state index in [1.807, 2.05) is 29.2 Å². The smallest absolute Gasteiger partial charge is 0.238 e. The van der Waals surface area contributed by atoms with E-state index < -0.39 is 0 Å². The molecule has 1 saturated heterocycles. The number of carbonyl (C=O) groups is 2. The molecule has 4 nitrogen and oxygen atoms in total. The first kappa shape index (κ1) is 13.7. The molecule has 0 bridgehead atoms. The first-order valence-electron chi connectivity index (χ1n) is 6.81. The van der Waals surface area contributed by atoms with Crippen LogP contribution < -0.4 is 5.32 Å². The number of hydrogen-bond donors (Lipinski definition) is 1. The van der Waals surface area contributed by atoms with Crippen molar-refractivity contribution in [2.45, 2.75) is 26.2 Å². The highest BCUT2D eigenvalue weighted by atomic mass is 16.2. The van der Waals surface area contributed by atoms with Crippen molar-refractivity contribution in [1.82, 2.24) is 4.90 Å². The zero-order chi connectivity index (χ0) is 13.7. The molecule has 1 heterocycles. The molecular formula is C15H20N2O2. The van der Waals surface area contributed by atoms with Gasteiger partial charge in [-0.05, 0) is 18.1 Å². The van der Waals surface area contributed by atoms with Gasteiger partial charge in [-0.3, -0.25) is 14.5 Å². The van der Waals surface area contributed by atoms with Crippen LogP contribution in [0, 0.1) is 0 Å². The zero-order valence-electron chi connectivity index (χ0n) is 11.3. The van der Waals surface area contributed by atoms with Gasteiger partial charge in [0.05, 0.1) is 6.54 Å². The molecule has 0 unspecified atom stereocenters. The van der Waals surface area contributed by atoms with Gasteiger partial charge in [-0.15, -0.1) is 0 Å². The van der Waals surface area contributed by atoms with Gasteiger partial charge in [-0.2, -0.15) is 0 Å². The second kappa shape index (κ2) is 6.48. The Hall–Kier alpha value is -1.68. The third-order valence-corrected chi connectivity index (χ3v) is 3.45. The fraction of sp³-hybridized carbons (Fsp3) is 0.467. The molecule has 0 aromatic heterocycles. The van der Waals surface area contributed by atoms with Gasteiger partial charge >= 0.3 is 0 Å². The average Bonchev–Trinajstić information content (AvgIpc) is 2.42. The highest BCUT2D eigenvalue weighted by Crippen LogP contribution is 2.15. The number of piperidine rings is 1. The Balaban J connectivity index is 1.89. The molecule has 0 spiro atoms. The summed E-state index contributed by atoms with van der Waals surface area (Å²) in [5.41, 5.74) is 2.03. The Labute approximate surface area is 113 Å². The van der Waals surface area contributed by atoms with Crippen LogP contribution in [0.25, 0.3) is 0 Å². The van der Waals surface area contributed by atoms with E-state index in [-0.39, 0.29) is 5.91 Å². The van der Waals surface area contributed by atoms with Gasteiger partial charge in [0.2, 0.25) is 5.91 Å². The molecule has 1 N–H and O–H groups in total. The number of nitrogens with one attached hydrogen (secondary N) is 1. The summed E-state index contributed by atoms with van der Waals surface area (Å²) in [5.74, 6) is 0.295. The summed E-state index contributed by atoms with van der Waals surface area (Å²) >= 11 is 0. The Kier molecular flexibility index (Phi) is 4.68. The van der Waals surface area contributed by atoms with Crippen molar-refractivity contribution in [2.24, 2.45) is 0 Å². The molecule has 1 aromatic rings. The normalized spacial score (nSPS) is 16.4. The maximum absolute atomic E-state index is 12.0. The first-order chi connectivity index (χ1) is 9.19. The maximum Gasteiger partial charge on any atom is 0.238 e. The van der Waals surface area contributed by atoms with E-state index in [1.165, 1.54) is 0 Å². The summed E-state index contributed by atoms with van der Waals surface area (Å²) in [7, 11) is 0. The third kappa shape index (κ3) is 3.89. The second-order valence-electron chi connectivity index (χ2n) is 4.87. The standard InChI is InChI=1S/C15H20N2O2/c1-2-12-5-3-4-6-14(12)16-15(19)11-17-9-7-13(18)8-10-17/h3-6H,2,7-11H2,1H3,(H,16,19). The third-order valence-electron chi connectivity index (χ3n) is 3.45. The largest absolute Gasteiger partial charge is 0.325 e. The summed E-state index contributed by atoms with van der Waals surface area (Å²) in [6.07, 6.45) is 2.03. The Morgan fingerprint density at radius 1 is 1.26 bits per heavy atom. The van der Waals surface area contributed by atoms with Gasteiger partial charge in [0, 0.05) is 31.6 Å². The van der Waals surface area contributed by atoms with Crippen molar-refractivity contribution in [2.75, 3.05) is 25.0 Å². The number of benzene rings is 1. The number of ketones is 1. The maximum atomic E-state index is 12.0. The quantitative estimate of drug-likeness (QED) is 0.899. The molecule has 1 aromatic carbocycles. The average molecular weight is 260 g/mol. The Bertz CT molecular complexity index is 461. The van der Waals surface area contributed by atoms with Crippen LogP contribution in [0.15, 0.2) is 24.3 Å². The summed E-state index contributed by atoms with van der Waals surface area (Å²) in [4.78, 5) is 25.2. The number of likely N-dealkylation sites (tertiary alicyclic amines) is 1. The van der Waals surface area contributed by atoms with Gasteiger partial charge in [0.25, 0.3) is 0 Å². The number of nitrogens with zero attached hydrogens (tertiary/aromatic N) is 1. The monoisotopic (exact) mass is 260 g/mol. The van der Waals surface area contributed by atoms with Crippen molar-refractivity contribution in [3.8, 4) is 0 Å². The van der Waals surface area contributed by atoms with E-state index >= 15 is 0 Å². The Morgan fingerprint density at radius 2 is 1.95 bits per heavy atom. The lowest BCUT2D eigenvalue weighted by Crippen LogP contribution is -2.39. The lowest BCUT2D eigenvalue weighted by molar-refractivity contribution is -0.124. The molecule has 0 aliphatic carbocycles. The van der Waals surface area contributed by atoms with Crippen molar-refractivity contribution in [3.63, 3.8) is 0 Å². The summed E-state index contributed by atoms with van der Waals surface area (Å²) < 4.78 is 0. The predicted octanol–water partition coefficient (Wildman–Crippen LogP) is 1.85. The molecule has 19 heavy (non-hydrogen) atoms.